The average Bonchev–Trinajstić information content (AvgIpc) is 2.73. The van der Waals surface area contributed by atoms with Gasteiger partial charge < -0.3 is 9.84 Å². The van der Waals surface area contributed by atoms with Crippen molar-refractivity contribution in [1.29, 1.82) is 0 Å². The second-order valence-corrected chi connectivity index (χ2v) is 5.48. The maximum absolute atomic E-state index is 5.38. The average molecular weight is 208 g/mol. The summed E-state index contributed by atoms with van der Waals surface area (Å²) in [6, 6.07) is 0. The highest BCUT2D eigenvalue weighted by atomic mass is 16.5. The number of rotatable bonds is 2. The molecule has 3 heteroatoms. The molecule has 1 aromatic heterocycles. The zero-order chi connectivity index (χ0) is 10.9. The highest BCUT2D eigenvalue weighted by Crippen LogP contribution is 2.28. The van der Waals surface area contributed by atoms with E-state index in [9.17, 15) is 0 Å². The molecule has 1 fully saturated rings. The molecule has 3 nitrogen and oxygen atoms in total. The summed E-state index contributed by atoms with van der Waals surface area (Å²) in [5, 5.41) is 7.32. The van der Waals surface area contributed by atoms with Crippen LogP contribution in [0.25, 0.3) is 0 Å². The normalized spacial score (nSPS) is 22.2. The minimum Gasteiger partial charge on any atom is -0.361 e. The minimum atomic E-state index is 0.140. The molecule has 1 atom stereocenters. The highest BCUT2D eigenvalue weighted by Gasteiger charge is 2.25. The summed E-state index contributed by atoms with van der Waals surface area (Å²) >= 11 is 0. The van der Waals surface area contributed by atoms with Gasteiger partial charge in [-0.1, -0.05) is 25.9 Å². The molecular formula is C12H20N2O. The molecule has 1 N–H and O–H groups in total. The third-order valence-electron chi connectivity index (χ3n) is 3.09. The molecule has 2 rings (SSSR count). The Kier molecular flexibility index (Phi) is 2.83. The standard InChI is InChI=1S/C12H20N2O/c1-12(2,3)10-8-14-15-11(10)6-9-4-5-13-7-9/h8-9,13H,4-7H2,1-3H3. The maximum Gasteiger partial charge on any atom is 0.140 e. The van der Waals surface area contributed by atoms with Crippen LogP contribution in [0.5, 0.6) is 0 Å². The second kappa shape index (κ2) is 3.97. The molecule has 0 spiro atoms. The Morgan fingerprint density at radius 1 is 1.53 bits per heavy atom. The highest BCUT2D eigenvalue weighted by molar-refractivity contribution is 5.23. The fraction of sp³-hybridized carbons (Fsp3) is 0.750. The van der Waals surface area contributed by atoms with Crippen LogP contribution in [0, 0.1) is 5.92 Å². The first-order valence-electron chi connectivity index (χ1n) is 5.72. The Morgan fingerprint density at radius 2 is 2.33 bits per heavy atom. The van der Waals surface area contributed by atoms with Gasteiger partial charge in [0.15, 0.2) is 0 Å². The van der Waals surface area contributed by atoms with Crippen molar-refractivity contribution in [2.24, 2.45) is 5.92 Å². The van der Waals surface area contributed by atoms with Crippen molar-refractivity contribution < 1.29 is 4.52 Å². The Bertz CT molecular complexity index is 319. The molecule has 15 heavy (non-hydrogen) atoms. The van der Waals surface area contributed by atoms with Crippen LogP contribution in [0.2, 0.25) is 0 Å². The first-order chi connectivity index (χ1) is 7.07. The van der Waals surface area contributed by atoms with Crippen LogP contribution in [-0.2, 0) is 11.8 Å². The second-order valence-electron chi connectivity index (χ2n) is 5.48. The van der Waals surface area contributed by atoms with E-state index in [-0.39, 0.29) is 5.41 Å². The molecule has 0 aliphatic carbocycles. The largest absolute Gasteiger partial charge is 0.361 e. The quantitative estimate of drug-likeness (QED) is 0.809. The van der Waals surface area contributed by atoms with Crippen molar-refractivity contribution in [1.82, 2.24) is 10.5 Å². The van der Waals surface area contributed by atoms with E-state index >= 15 is 0 Å². The summed E-state index contributed by atoms with van der Waals surface area (Å²) < 4.78 is 5.38. The van der Waals surface area contributed by atoms with E-state index in [0.717, 1.165) is 31.2 Å². The lowest BCUT2D eigenvalue weighted by molar-refractivity contribution is 0.358. The van der Waals surface area contributed by atoms with Crippen LogP contribution in [-0.4, -0.2) is 18.2 Å². The van der Waals surface area contributed by atoms with E-state index in [4.69, 9.17) is 4.52 Å². The third-order valence-corrected chi connectivity index (χ3v) is 3.09. The molecule has 84 valence electrons. The monoisotopic (exact) mass is 208 g/mol. The predicted molar refractivity (Wildman–Crippen MR) is 59.9 cm³/mol. The van der Waals surface area contributed by atoms with Crippen LogP contribution in [0.3, 0.4) is 0 Å². The Balaban J connectivity index is 2.11. The van der Waals surface area contributed by atoms with Gasteiger partial charge in [0.2, 0.25) is 0 Å². The van der Waals surface area contributed by atoms with Crippen molar-refractivity contribution in [3.05, 3.63) is 17.5 Å². The summed E-state index contributed by atoms with van der Waals surface area (Å²) in [6.45, 7) is 8.87. The molecule has 0 amide bonds. The van der Waals surface area contributed by atoms with E-state index in [0.29, 0.717) is 0 Å². The fourth-order valence-electron chi connectivity index (χ4n) is 2.17. The predicted octanol–water partition coefficient (Wildman–Crippen LogP) is 2.12. The molecule has 1 aliphatic heterocycles. The van der Waals surface area contributed by atoms with Gasteiger partial charge in [0, 0.05) is 12.0 Å². The van der Waals surface area contributed by atoms with Gasteiger partial charge in [0.05, 0.1) is 6.20 Å². The lowest BCUT2D eigenvalue weighted by atomic mass is 9.85. The first kappa shape index (κ1) is 10.7. The van der Waals surface area contributed by atoms with Gasteiger partial charge in [0.1, 0.15) is 5.76 Å². The number of hydrogen-bond acceptors (Lipinski definition) is 3. The Labute approximate surface area is 91.2 Å². The molecular weight excluding hydrogens is 188 g/mol. The molecule has 0 saturated carbocycles. The van der Waals surface area contributed by atoms with E-state index < -0.39 is 0 Å². The van der Waals surface area contributed by atoms with Gasteiger partial charge in [-0.25, -0.2) is 0 Å². The first-order valence-corrected chi connectivity index (χ1v) is 5.72. The molecule has 0 bridgehead atoms. The molecule has 0 radical (unpaired) electrons. The molecule has 1 unspecified atom stereocenters. The number of nitrogens with zero attached hydrogens (tertiary/aromatic N) is 1. The van der Waals surface area contributed by atoms with Gasteiger partial charge in [-0.3, -0.25) is 0 Å². The van der Waals surface area contributed by atoms with Crippen molar-refractivity contribution in [3.8, 4) is 0 Å². The fourth-order valence-corrected chi connectivity index (χ4v) is 2.17. The lowest BCUT2D eigenvalue weighted by Crippen LogP contribution is -2.15. The lowest BCUT2D eigenvalue weighted by Gasteiger charge is -2.18. The summed E-state index contributed by atoms with van der Waals surface area (Å²) in [7, 11) is 0. The number of nitrogens with one attached hydrogen (secondary N) is 1. The zero-order valence-corrected chi connectivity index (χ0v) is 9.84. The van der Waals surface area contributed by atoms with Crippen LogP contribution < -0.4 is 5.32 Å². The van der Waals surface area contributed by atoms with E-state index in [1.54, 1.807) is 0 Å². The number of aromatic nitrogens is 1. The summed E-state index contributed by atoms with van der Waals surface area (Å²) in [6.07, 6.45) is 4.15. The van der Waals surface area contributed by atoms with Gasteiger partial charge in [-0.05, 0) is 30.8 Å². The summed E-state index contributed by atoms with van der Waals surface area (Å²) in [5.41, 5.74) is 1.40. The van der Waals surface area contributed by atoms with Crippen LogP contribution in [0.1, 0.15) is 38.5 Å². The van der Waals surface area contributed by atoms with Crippen molar-refractivity contribution in [2.45, 2.75) is 39.0 Å². The van der Waals surface area contributed by atoms with Gasteiger partial charge in [-0.15, -0.1) is 0 Å². The summed E-state index contributed by atoms with van der Waals surface area (Å²) in [4.78, 5) is 0. The topological polar surface area (TPSA) is 38.1 Å². The van der Waals surface area contributed by atoms with Gasteiger partial charge in [-0.2, -0.15) is 0 Å². The van der Waals surface area contributed by atoms with Gasteiger partial charge >= 0.3 is 0 Å². The molecule has 2 heterocycles. The molecule has 0 aromatic carbocycles. The Hall–Kier alpha value is -0.830. The third kappa shape index (κ3) is 2.40. The van der Waals surface area contributed by atoms with Crippen molar-refractivity contribution in [2.75, 3.05) is 13.1 Å². The van der Waals surface area contributed by atoms with Crippen LogP contribution >= 0.6 is 0 Å². The zero-order valence-electron chi connectivity index (χ0n) is 9.84. The molecule has 1 aliphatic rings. The maximum atomic E-state index is 5.38. The Morgan fingerprint density at radius 3 is 2.93 bits per heavy atom. The van der Waals surface area contributed by atoms with Crippen LogP contribution in [0.4, 0.5) is 0 Å². The van der Waals surface area contributed by atoms with Crippen molar-refractivity contribution >= 4 is 0 Å². The van der Waals surface area contributed by atoms with E-state index in [1.165, 1.54) is 12.0 Å². The SMILES string of the molecule is CC(C)(C)c1cnoc1CC1CCNC1. The molecule has 1 saturated heterocycles. The van der Waals surface area contributed by atoms with Gasteiger partial charge in [0.25, 0.3) is 0 Å². The molecule has 1 aromatic rings. The minimum absolute atomic E-state index is 0.140. The summed E-state index contributed by atoms with van der Waals surface area (Å²) in [5.74, 6) is 1.80. The smallest absolute Gasteiger partial charge is 0.140 e. The van der Waals surface area contributed by atoms with Crippen molar-refractivity contribution in [3.63, 3.8) is 0 Å². The number of hydrogen-bond donors (Lipinski definition) is 1. The van der Waals surface area contributed by atoms with E-state index in [1.807, 2.05) is 6.20 Å². The van der Waals surface area contributed by atoms with Crippen LogP contribution in [0.15, 0.2) is 10.7 Å². The van der Waals surface area contributed by atoms with E-state index in [2.05, 4.69) is 31.2 Å².